The molecular weight excluding hydrogens is 286 g/mol. The Morgan fingerprint density at radius 3 is 3.00 bits per heavy atom. The molecule has 0 bridgehead atoms. The summed E-state index contributed by atoms with van der Waals surface area (Å²) in [6.07, 6.45) is 0. The lowest BCUT2D eigenvalue weighted by atomic mass is 10.4. The van der Waals surface area contributed by atoms with Gasteiger partial charge in [-0.25, -0.2) is 5.06 Å². The van der Waals surface area contributed by atoms with E-state index in [0.717, 1.165) is 14.2 Å². The molecular formula is C8H6BrNO2S2. The van der Waals surface area contributed by atoms with E-state index >= 15 is 0 Å². The van der Waals surface area contributed by atoms with Gasteiger partial charge in [0, 0.05) is 18.5 Å². The zero-order valence-corrected chi connectivity index (χ0v) is 10.4. The summed E-state index contributed by atoms with van der Waals surface area (Å²) in [5.74, 6) is 0.335. The number of rotatable bonds is 1. The highest BCUT2D eigenvalue weighted by atomic mass is 79.9. The van der Waals surface area contributed by atoms with E-state index in [4.69, 9.17) is 16.6 Å². The second kappa shape index (κ2) is 3.62. The molecule has 74 valence electrons. The first-order valence-electron chi connectivity index (χ1n) is 3.73. The highest BCUT2D eigenvalue weighted by Crippen LogP contribution is 2.33. The summed E-state index contributed by atoms with van der Waals surface area (Å²) in [5, 5.41) is 12.0. The third-order valence-corrected chi connectivity index (χ3v) is 4.05. The van der Waals surface area contributed by atoms with Crippen LogP contribution in [0.5, 0.6) is 0 Å². The summed E-state index contributed by atoms with van der Waals surface area (Å²) in [4.78, 5) is 0. The Bertz CT molecular complexity index is 532. The number of hydroxylamine groups is 1. The van der Waals surface area contributed by atoms with Gasteiger partial charge in [0.2, 0.25) is 5.88 Å². The van der Waals surface area contributed by atoms with Gasteiger partial charge < -0.3 is 4.42 Å². The number of nitrogens with zero attached hydrogens (tertiary/aromatic N) is 1. The molecule has 3 nitrogen and oxygen atoms in total. The maximum atomic E-state index is 9.22. The van der Waals surface area contributed by atoms with Gasteiger partial charge in [0.15, 0.2) is 5.58 Å². The predicted octanol–water partition coefficient (Wildman–Crippen LogP) is 3.81. The van der Waals surface area contributed by atoms with Gasteiger partial charge in [0.1, 0.15) is 0 Å². The molecule has 2 heterocycles. The molecule has 0 radical (unpaired) electrons. The summed E-state index contributed by atoms with van der Waals surface area (Å²) in [6, 6.07) is 1.63. The molecule has 0 aliphatic rings. The Morgan fingerprint density at radius 1 is 1.64 bits per heavy atom. The largest absolute Gasteiger partial charge is 0.436 e. The van der Waals surface area contributed by atoms with Gasteiger partial charge >= 0.3 is 0 Å². The fourth-order valence-electron chi connectivity index (χ4n) is 1.06. The second-order valence-corrected chi connectivity index (χ2v) is 4.89. The van der Waals surface area contributed by atoms with Crippen molar-refractivity contribution in [3.05, 3.63) is 20.4 Å². The van der Waals surface area contributed by atoms with Crippen molar-refractivity contribution in [1.82, 2.24) is 0 Å². The molecule has 2 aromatic rings. The van der Waals surface area contributed by atoms with E-state index in [-0.39, 0.29) is 0 Å². The Labute approximate surface area is 97.7 Å². The lowest BCUT2D eigenvalue weighted by molar-refractivity contribution is 0.258. The summed E-state index contributed by atoms with van der Waals surface area (Å²) >= 11 is 10.0. The van der Waals surface area contributed by atoms with Crippen molar-refractivity contribution < 1.29 is 9.62 Å². The van der Waals surface area contributed by atoms with Crippen LogP contribution in [0.15, 0.2) is 20.3 Å². The molecule has 0 fully saturated rings. The minimum atomic E-state index is 0.335. The zero-order chi connectivity index (χ0) is 10.3. The summed E-state index contributed by atoms with van der Waals surface area (Å²) in [7, 11) is 1.49. The highest BCUT2D eigenvalue weighted by molar-refractivity contribution is 9.10. The molecule has 0 unspecified atom stereocenters. The smallest absolute Gasteiger partial charge is 0.220 e. The average molecular weight is 292 g/mol. The maximum absolute atomic E-state index is 9.22. The summed E-state index contributed by atoms with van der Waals surface area (Å²) in [6.45, 7) is 0. The second-order valence-electron chi connectivity index (χ2n) is 2.71. The molecule has 1 N–H and O–H groups in total. The van der Waals surface area contributed by atoms with E-state index in [1.54, 1.807) is 6.07 Å². The monoisotopic (exact) mass is 291 g/mol. The van der Waals surface area contributed by atoms with E-state index in [1.807, 2.05) is 5.38 Å². The highest BCUT2D eigenvalue weighted by Gasteiger charge is 2.09. The molecule has 0 atom stereocenters. The third-order valence-electron chi connectivity index (χ3n) is 1.71. The molecule has 0 spiro atoms. The molecule has 0 aliphatic carbocycles. The molecule has 0 saturated heterocycles. The van der Waals surface area contributed by atoms with E-state index in [2.05, 4.69) is 15.9 Å². The number of anilines is 1. The molecule has 2 rings (SSSR count). The molecule has 0 amide bonds. The van der Waals surface area contributed by atoms with Crippen LogP contribution in [0.2, 0.25) is 0 Å². The van der Waals surface area contributed by atoms with Crippen molar-refractivity contribution in [2.45, 2.75) is 0 Å². The van der Waals surface area contributed by atoms with Crippen molar-refractivity contribution in [2.75, 3.05) is 12.1 Å². The van der Waals surface area contributed by atoms with Gasteiger partial charge in [0.05, 0.1) is 13.7 Å². The Hall–Kier alpha value is -0.430. The number of hydrogen-bond acceptors (Lipinski definition) is 5. The Kier molecular flexibility index (Phi) is 2.61. The van der Waals surface area contributed by atoms with Crippen LogP contribution in [0.1, 0.15) is 0 Å². The summed E-state index contributed by atoms with van der Waals surface area (Å²) < 4.78 is 7.89. The SMILES string of the molecule is CN(O)c1cc(=S)c2scc(Br)c2o1. The maximum Gasteiger partial charge on any atom is 0.220 e. The predicted molar refractivity (Wildman–Crippen MR) is 62.8 cm³/mol. The van der Waals surface area contributed by atoms with Crippen LogP contribution in [0.4, 0.5) is 5.88 Å². The van der Waals surface area contributed by atoms with Gasteiger partial charge in [-0.05, 0) is 15.9 Å². The Balaban J connectivity index is 2.82. The van der Waals surface area contributed by atoms with Crippen molar-refractivity contribution in [1.29, 1.82) is 0 Å². The van der Waals surface area contributed by atoms with Gasteiger partial charge in [-0.1, -0.05) is 12.2 Å². The summed E-state index contributed by atoms with van der Waals surface area (Å²) in [5.41, 5.74) is 0.679. The quantitative estimate of drug-likeness (QED) is 0.640. The van der Waals surface area contributed by atoms with E-state index < -0.39 is 0 Å². The average Bonchev–Trinajstić information content (AvgIpc) is 2.48. The molecule has 0 saturated carbocycles. The fourth-order valence-corrected chi connectivity index (χ4v) is 2.85. The van der Waals surface area contributed by atoms with Crippen LogP contribution in [0.3, 0.4) is 0 Å². The van der Waals surface area contributed by atoms with Crippen molar-refractivity contribution >= 4 is 55.7 Å². The number of fused-ring (bicyclic) bond motifs is 1. The first-order chi connectivity index (χ1) is 6.59. The molecule has 14 heavy (non-hydrogen) atoms. The number of halogens is 1. The number of thiophene rings is 1. The normalized spacial score (nSPS) is 10.8. The van der Waals surface area contributed by atoms with E-state index in [9.17, 15) is 5.21 Å². The van der Waals surface area contributed by atoms with Gasteiger partial charge in [0.25, 0.3) is 0 Å². The van der Waals surface area contributed by atoms with Crippen LogP contribution in [0, 0.1) is 4.51 Å². The van der Waals surface area contributed by atoms with Gasteiger partial charge in [-0.2, -0.15) is 0 Å². The topological polar surface area (TPSA) is 36.6 Å². The minimum Gasteiger partial charge on any atom is -0.436 e. The number of hydrogen-bond donors (Lipinski definition) is 1. The van der Waals surface area contributed by atoms with Crippen LogP contribution in [-0.4, -0.2) is 12.3 Å². The van der Waals surface area contributed by atoms with Gasteiger partial charge in [-0.15, -0.1) is 11.3 Å². The molecule has 0 aromatic carbocycles. The third kappa shape index (κ3) is 1.58. The Morgan fingerprint density at radius 2 is 2.36 bits per heavy atom. The van der Waals surface area contributed by atoms with Crippen LogP contribution >= 0.6 is 39.5 Å². The lowest BCUT2D eigenvalue weighted by Crippen LogP contribution is -2.09. The van der Waals surface area contributed by atoms with Crippen molar-refractivity contribution in [3.8, 4) is 0 Å². The van der Waals surface area contributed by atoms with Gasteiger partial charge in [-0.3, -0.25) is 5.21 Å². The minimum absolute atomic E-state index is 0.335. The van der Waals surface area contributed by atoms with E-state index in [0.29, 0.717) is 16.0 Å². The standard InChI is InChI=1S/C8H6BrNO2S2/c1-10(11)6-2-5(13)8-7(12-6)4(9)3-14-8/h2-3,11H,1H3. The van der Waals surface area contributed by atoms with Crippen LogP contribution < -0.4 is 5.06 Å². The first kappa shape index (κ1) is 10.1. The van der Waals surface area contributed by atoms with Crippen molar-refractivity contribution in [2.24, 2.45) is 0 Å². The first-order valence-corrected chi connectivity index (χ1v) is 5.81. The van der Waals surface area contributed by atoms with Crippen molar-refractivity contribution in [3.63, 3.8) is 0 Å². The fraction of sp³-hybridized carbons (Fsp3) is 0.125. The lowest BCUT2D eigenvalue weighted by Gasteiger charge is -2.08. The molecule has 0 aliphatic heterocycles. The van der Waals surface area contributed by atoms with E-state index in [1.165, 1.54) is 18.4 Å². The zero-order valence-electron chi connectivity index (χ0n) is 7.15. The van der Waals surface area contributed by atoms with Crippen LogP contribution in [-0.2, 0) is 0 Å². The molecule has 6 heteroatoms. The van der Waals surface area contributed by atoms with Crippen LogP contribution in [0.25, 0.3) is 10.3 Å². The molecule has 2 aromatic heterocycles.